The summed E-state index contributed by atoms with van der Waals surface area (Å²) in [5.74, 6) is 0.306. The maximum absolute atomic E-state index is 12.1. The second-order valence-corrected chi connectivity index (χ2v) is 5.06. The summed E-state index contributed by atoms with van der Waals surface area (Å²) in [5.41, 5.74) is -0.194. The van der Waals surface area contributed by atoms with Crippen LogP contribution in [0.2, 0.25) is 5.02 Å². The highest BCUT2D eigenvalue weighted by Crippen LogP contribution is 2.32. The van der Waals surface area contributed by atoms with Gasteiger partial charge in [0.2, 0.25) is 6.10 Å². The fraction of sp³-hybridized carbons (Fsp3) is 0.133. The number of carbonyl (C=O) groups excluding carboxylic acids is 1. The molecule has 0 aromatic heterocycles. The van der Waals surface area contributed by atoms with Gasteiger partial charge in [0, 0.05) is 12.1 Å². The van der Waals surface area contributed by atoms with Crippen molar-refractivity contribution >= 4 is 23.3 Å². The van der Waals surface area contributed by atoms with E-state index in [0.29, 0.717) is 11.5 Å². The summed E-state index contributed by atoms with van der Waals surface area (Å²) < 4.78 is 16.1. The lowest BCUT2D eigenvalue weighted by Gasteiger charge is -2.24. The number of nitrogens with zero attached hydrogens (tertiary/aromatic N) is 1. The maximum Gasteiger partial charge on any atom is 0.356 e. The molecule has 118 valence electrons. The number of esters is 1. The molecule has 0 saturated carbocycles. The van der Waals surface area contributed by atoms with Crippen LogP contribution in [-0.2, 0) is 4.79 Å². The first-order valence-corrected chi connectivity index (χ1v) is 6.96. The third kappa shape index (κ3) is 3.19. The first-order chi connectivity index (χ1) is 11.0. The second-order valence-electron chi connectivity index (χ2n) is 4.66. The van der Waals surface area contributed by atoms with Crippen LogP contribution in [0.15, 0.2) is 42.5 Å². The highest BCUT2D eigenvalue weighted by atomic mass is 35.5. The minimum atomic E-state index is -0.948. The van der Waals surface area contributed by atoms with Gasteiger partial charge >= 0.3 is 5.97 Å². The molecule has 0 saturated heterocycles. The Labute approximate surface area is 135 Å². The Hall–Kier alpha value is -2.80. The van der Waals surface area contributed by atoms with Gasteiger partial charge < -0.3 is 14.2 Å². The highest BCUT2D eigenvalue weighted by Gasteiger charge is 2.29. The summed E-state index contributed by atoms with van der Waals surface area (Å²) in [6.07, 6.45) is -0.948. The van der Waals surface area contributed by atoms with Crippen molar-refractivity contribution < 1.29 is 23.9 Å². The summed E-state index contributed by atoms with van der Waals surface area (Å²) in [4.78, 5) is 22.2. The number of halogens is 1. The van der Waals surface area contributed by atoms with Gasteiger partial charge in [-0.15, -0.1) is 0 Å². The SMILES string of the molecule is O=C(Oc1ccc([N+](=O)[O-])cc1Cl)[C@H]1COc2ccccc2O1. The highest BCUT2D eigenvalue weighted by molar-refractivity contribution is 6.32. The van der Waals surface area contributed by atoms with Gasteiger partial charge in [0.1, 0.15) is 12.4 Å². The van der Waals surface area contributed by atoms with Gasteiger partial charge in [-0.2, -0.15) is 0 Å². The number of fused-ring (bicyclic) bond motifs is 1. The molecule has 0 radical (unpaired) electrons. The average molecular weight is 336 g/mol. The fourth-order valence-electron chi connectivity index (χ4n) is 2.00. The molecule has 0 unspecified atom stereocenters. The Kier molecular flexibility index (Phi) is 4.03. The molecule has 3 rings (SSSR count). The first kappa shape index (κ1) is 15.1. The van der Waals surface area contributed by atoms with E-state index in [1.807, 2.05) is 0 Å². The average Bonchev–Trinajstić information content (AvgIpc) is 2.56. The lowest BCUT2D eigenvalue weighted by Crippen LogP contribution is -2.39. The van der Waals surface area contributed by atoms with Gasteiger partial charge in [0.25, 0.3) is 5.69 Å². The quantitative estimate of drug-likeness (QED) is 0.371. The number of rotatable bonds is 3. The molecule has 1 heterocycles. The minimum Gasteiger partial charge on any atom is -0.485 e. The molecule has 2 aromatic rings. The summed E-state index contributed by atoms with van der Waals surface area (Å²) in [7, 11) is 0. The molecule has 0 fully saturated rings. The molecule has 0 amide bonds. The van der Waals surface area contributed by atoms with Crippen LogP contribution in [0, 0.1) is 10.1 Å². The first-order valence-electron chi connectivity index (χ1n) is 6.59. The number of nitro groups is 1. The van der Waals surface area contributed by atoms with E-state index in [0.717, 1.165) is 6.07 Å². The number of hydrogen-bond donors (Lipinski definition) is 0. The topological polar surface area (TPSA) is 87.9 Å². The van der Waals surface area contributed by atoms with Crippen LogP contribution < -0.4 is 14.2 Å². The van der Waals surface area contributed by atoms with Crippen LogP contribution in [0.1, 0.15) is 0 Å². The number of hydrogen-bond acceptors (Lipinski definition) is 6. The smallest absolute Gasteiger partial charge is 0.356 e. The van der Waals surface area contributed by atoms with Crippen LogP contribution in [0.3, 0.4) is 0 Å². The normalized spacial score (nSPS) is 15.8. The molecule has 1 aliphatic heterocycles. The maximum atomic E-state index is 12.1. The Morgan fingerprint density at radius 2 is 2.00 bits per heavy atom. The van der Waals surface area contributed by atoms with Gasteiger partial charge in [-0.1, -0.05) is 23.7 Å². The van der Waals surface area contributed by atoms with E-state index in [9.17, 15) is 14.9 Å². The fourth-order valence-corrected chi connectivity index (χ4v) is 2.21. The van der Waals surface area contributed by atoms with Gasteiger partial charge in [-0.25, -0.2) is 4.79 Å². The van der Waals surface area contributed by atoms with Gasteiger partial charge in [-0.05, 0) is 18.2 Å². The third-order valence-corrected chi connectivity index (χ3v) is 3.40. The van der Waals surface area contributed by atoms with Crippen molar-refractivity contribution in [3.8, 4) is 17.2 Å². The molecule has 0 bridgehead atoms. The predicted octanol–water partition coefficient (Wildman–Crippen LogP) is 2.99. The molecule has 0 N–H and O–H groups in total. The van der Waals surface area contributed by atoms with E-state index in [4.69, 9.17) is 25.8 Å². The van der Waals surface area contributed by atoms with Gasteiger partial charge in [-0.3, -0.25) is 10.1 Å². The zero-order valence-electron chi connectivity index (χ0n) is 11.6. The van der Waals surface area contributed by atoms with E-state index in [2.05, 4.69) is 0 Å². The zero-order chi connectivity index (χ0) is 16.4. The summed E-state index contributed by atoms with van der Waals surface area (Å²) in [5, 5.41) is 10.6. The number of benzene rings is 2. The van der Waals surface area contributed by atoms with Crippen molar-refractivity contribution in [2.24, 2.45) is 0 Å². The summed E-state index contributed by atoms with van der Waals surface area (Å²) in [6, 6.07) is 10.5. The van der Waals surface area contributed by atoms with Gasteiger partial charge in [0.15, 0.2) is 11.5 Å². The van der Waals surface area contributed by atoms with Crippen LogP contribution in [0.25, 0.3) is 0 Å². The molecule has 23 heavy (non-hydrogen) atoms. The molecule has 8 heteroatoms. The molecule has 0 spiro atoms. The number of nitro benzene ring substituents is 1. The van der Waals surface area contributed by atoms with Gasteiger partial charge in [0.05, 0.1) is 9.95 Å². The van der Waals surface area contributed by atoms with E-state index < -0.39 is 17.0 Å². The standard InChI is InChI=1S/C15H10ClNO6/c16-10-7-9(17(19)20)5-6-11(10)23-15(18)14-8-21-12-3-1-2-4-13(12)22-14/h1-7,14H,8H2/t14-/m1/s1. The largest absolute Gasteiger partial charge is 0.485 e. The number of non-ortho nitro benzene ring substituents is 1. The minimum absolute atomic E-state index is 0.000444. The Bertz CT molecular complexity index is 778. The Morgan fingerprint density at radius 3 is 2.70 bits per heavy atom. The number of ether oxygens (including phenoxy) is 3. The van der Waals surface area contributed by atoms with Crippen LogP contribution in [-0.4, -0.2) is 23.6 Å². The molecule has 7 nitrogen and oxygen atoms in total. The zero-order valence-corrected chi connectivity index (χ0v) is 12.4. The van der Waals surface area contributed by atoms with Crippen LogP contribution >= 0.6 is 11.6 Å². The molecule has 1 aliphatic rings. The lowest BCUT2D eigenvalue weighted by atomic mass is 10.2. The van der Waals surface area contributed by atoms with Crippen molar-refractivity contribution in [1.82, 2.24) is 0 Å². The molecule has 1 atom stereocenters. The van der Waals surface area contributed by atoms with Crippen LogP contribution in [0.5, 0.6) is 17.2 Å². The van der Waals surface area contributed by atoms with E-state index in [1.54, 1.807) is 24.3 Å². The summed E-state index contributed by atoms with van der Waals surface area (Å²) in [6.45, 7) is 0.000444. The van der Waals surface area contributed by atoms with Crippen molar-refractivity contribution in [1.29, 1.82) is 0 Å². The van der Waals surface area contributed by atoms with Crippen molar-refractivity contribution in [3.63, 3.8) is 0 Å². The van der Waals surface area contributed by atoms with E-state index in [1.165, 1.54) is 12.1 Å². The van der Waals surface area contributed by atoms with Crippen LogP contribution in [0.4, 0.5) is 5.69 Å². The Morgan fingerprint density at radius 1 is 1.26 bits per heavy atom. The Balaban J connectivity index is 1.72. The molecular weight excluding hydrogens is 326 g/mol. The molecule has 0 aliphatic carbocycles. The number of carbonyl (C=O) groups is 1. The van der Waals surface area contributed by atoms with Crippen molar-refractivity contribution in [3.05, 3.63) is 57.6 Å². The third-order valence-electron chi connectivity index (χ3n) is 3.11. The van der Waals surface area contributed by atoms with Crippen molar-refractivity contribution in [2.45, 2.75) is 6.10 Å². The van der Waals surface area contributed by atoms with E-state index >= 15 is 0 Å². The molecule has 2 aromatic carbocycles. The monoisotopic (exact) mass is 335 g/mol. The second kappa shape index (κ2) is 6.13. The predicted molar refractivity (Wildman–Crippen MR) is 80.1 cm³/mol. The lowest BCUT2D eigenvalue weighted by molar-refractivity contribution is -0.384. The summed E-state index contributed by atoms with van der Waals surface area (Å²) >= 11 is 5.88. The number of para-hydroxylation sites is 2. The van der Waals surface area contributed by atoms with Crippen molar-refractivity contribution in [2.75, 3.05) is 6.61 Å². The molecular formula is C15H10ClNO6. The van der Waals surface area contributed by atoms with E-state index in [-0.39, 0.29) is 23.1 Å².